The first-order valence-electron chi connectivity index (χ1n) is 9.69. The first-order valence-corrected chi connectivity index (χ1v) is 9.69. The summed E-state index contributed by atoms with van der Waals surface area (Å²) in [5, 5.41) is 9.40. The largest absolute Gasteiger partial charge is 0.399 e. The van der Waals surface area contributed by atoms with Crippen LogP contribution in [0.3, 0.4) is 0 Å². The fourth-order valence-corrected chi connectivity index (χ4v) is 3.14. The molecule has 30 heavy (non-hydrogen) atoms. The van der Waals surface area contributed by atoms with Crippen LogP contribution in [0.1, 0.15) is 22.3 Å². The number of nitrogens with two attached hydrogens (primary N) is 2. The molecule has 0 spiro atoms. The van der Waals surface area contributed by atoms with Gasteiger partial charge in [-0.2, -0.15) is 0 Å². The Balaban J connectivity index is 1.87. The van der Waals surface area contributed by atoms with Gasteiger partial charge in [-0.3, -0.25) is 0 Å². The summed E-state index contributed by atoms with van der Waals surface area (Å²) in [5.41, 5.74) is 18.6. The number of rotatable bonds is 5. The van der Waals surface area contributed by atoms with E-state index in [2.05, 4.69) is 0 Å². The maximum Gasteiger partial charge on any atom is 0.100 e. The molecule has 146 valence electrons. The van der Waals surface area contributed by atoms with E-state index in [1.54, 1.807) is 0 Å². The van der Waals surface area contributed by atoms with Gasteiger partial charge in [0.1, 0.15) is 11.4 Å². The maximum atomic E-state index is 5.87. The second-order valence-electron chi connectivity index (χ2n) is 6.87. The van der Waals surface area contributed by atoms with Crippen LogP contribution in [-0.2, 0) is 0 Å². The van der Waals surface area contributed by atoms with Gasteiger partial charge in [-0.15, -0.1) is 10.2 Å². The lowest BCUT2D eigenvalue weighted by Gasteiger charge is -2.09. The van der Waals surface area contributed by atoms with E-state index >= 15 is 0 Å². The summed E-state index contributed by atoms with van der Waals surface area (Å²) in [6.07, 6.45) is 0. The third kappa shape index (κ3) is 4.45. The van der Waals surface area contributed by atoms with Gasteiger partial charge in [0.05, 0.1) is 0 Å². The van der Waals surface area contributed by atoms with Crippen molar-refractivity contribution in [1.82, 2.24) is 0 Å². The van der Waals surface area contributed by atoms with Gasteiger partial charge in [-0.25, -0.2) is 0 Å². The smallest absolute Gasteiger partial charge is 0.100 e. The standard InChI is InChI=1S/C26H22N4/c27-23-15-11-21(12-16-23)25(19-7-3-1-4-8-19)29-30-26(20-9-5-2-6-10-20)22-13-17-24(28)18-14-22/h1-18H,27-28H2/b29-25-,30-26-. The molecule has 0 unspecified atom stereocenters. The van der Waals surface area contributed by atoms with Crippen molar-refractivity contribution in [2.75, 3.05) is 11.5 Å². The topological polar surface area (TPSA) is 76.8 Å². The summed E-state index contributed by atoms with van der Waals surface area (Å²) in [4.78, 5) is 0. The van der Waals surface area contributed by atoms with Crippen LogP contribution in [0.4, 0.5) is 11.4 Å². The normalized spacial score (nSPS) is 12.0. The Morgan fingerprint density at radius 2 is 0.700 bits per heavy atom. The van der Waals surface area contributed by atoms with Crippen molar-refractivity contribution in [3.8, 4) is 0 Å². The molecule has 0 saturated carbocycles. The van der Waals surface area contributed by atoms with Crippen LogP contribution in [0, 0.1) is 0 Å². The van der Waals surface area contributed by atoms with Crippen LogP contribution in [0.15, 0.2) is 119 Å². The zero-order valence-corrected chi connectivity index (χ0v) is 16.4. The summed E-state index contributed by atoms with van der Waals surface area (Å²) in [6, 6.07) is 35.3. The molecule has 0 aromatic heterocycles. The second kappa shape index (κ2) is 8.88. The zero-order chi connectivity index (χ0) is 20.8. The molecule has 4 heteroatoms. The summed E-state index contributed by atoms with van der Waals surface area (Å²) in [5.74, 6) is 0. The second-order valence-corrected chi connectivity index (χ2v) is 6.87. The molecule has 4 nitrogen and oxygen atoms in total. The Labute approximate surface area is 176 Å². The molecule has 4 aromatic carbocycles. The molecular weight excluding hydrogens is 368 g/mol. The molecule has 0 aliphatic rings. The van der Waals surface area contributed by atoms with Gasteiger partial charge in [0.15, 0.2) is 0 Å². The summed E-state index contributed by atoms with van der Waals surface area (Å²) < 4.78 is 0. The molecule has 0 fully saturated rings. The highest BCUT2D eigenvalue weighted by Gasteiger charge is 2.10. The van der Waals surface area contributed by atoms with Crippen molar-refractivity contribution in [1.29, 1.82) is 0 Å². The van der Waals surface area contributed by atoms with Gasteiger partial charge in [-0.1, -0.05) is 84.9 Å². The highest BCUT2D eigenvalue weighted by atomic mass is 15.2. The highest BCUT2D eigenvalue weighted by molar-refractivity contribution is 6.15. The lowest BCUT2D eigenvalue weighted by Crippen LogP contribution is -2.06. The van der Waals surface area contributed by atoms with Crippen LogP contribution in [-0.4, -0.2) is 11.4 Å². The van der Waals surface area contributed by atoms with E-state index in [9.17, 15) is 0 Å². The minimum atomic E-state index is 0.710. The lowest BCUT2D eigenvalue weighted by molar-refractivity contribution is 1.22. The molecule has 0 atom stereocenters. The van der Waals surface area contributed by atoms with E-state index in [1.807, 2.05) is 109 Å². The maximum absolute atomic E-state index is 5.87. The highest BCUT2D eigenvalue weighted by Crippen LogP contribution is 2.17. The van der Waals surface area contributed by atoms with Gasteiger partial charge >= 0.3 is 0 Å². The number of benzene rings is 4. The van der Waals surface area contributed by atoms with Crippen molar-refractivity contribution in [2.45, 2.75) is 0 Å². The van der Waals surface area contributed by atoms with Gasteiger partial charge in [-0.05, 0) is 24.3 Å². The third-order valence-electron chi connectivity index (χ3n) is 4.71. The number of hydrogen-bond donors (Lipinski definition) is 2. The summed E-state index contributed by atoms with van der Waals surface area (Å²) in [7, 11) is 0. The molecule has 0 heterocycles. The average Bonchev–Trinajstić information content (AvgIpc) is 2.80. The monoisotopic (exact) mass is 390 g/mol. The average molecular weight is 390 g/mol. The number of nitrogens with zero attached hydrogens (tertiary/aromatic N) is 2. The molecule has 0 amide bonds. The van der Waals surface area contributed by atoms with Crippen molar-refractivity contribution in [2.24, 2.45) is 10.2 Å². The van der Waals surface area contributed by atoms with Crippen molar-refractivity contribution in [3.63, 3.8) is 0 Å². The Hall–Kier alpha value is -4.18. The number of anilines is 2. The molecule has 0 aliphatic carbocycles. The van der Waals surface area contributed by atoms with E-state index in [-0.39, 0.29) is 0 Å². The zero-order valence-electron chi connectivity index (χ0n) is 16.4. The van der Waals surface area contributed by atoms with Gasteiger partial charge < -0.3 is 11.5 Å². The minimum Gasteiger partial charge on any atom is -0.399 e. The van der Waals surface area contributed by atoms with Crippen molar-refractivity contribution in [3.05, 3.63) is 131 Å². The molecule has 4 aromatic rings. The first-order chi connectivity index (χ1) is 14.7. The molecular formula is C26H22N4. The quantitative estimate of drug-likeness (QED) is 0.281. The lowest BCUT2D eigenvalue weighted by atomic mass is 10.0. The van der Waals surface area contributed by atoms with Crippen LogP contribution >= 0.6 is 0 Å². The van der Waals surface area contributed by atoms with Gasteiger partial charge in [0, 0.05) is 33.6 Å². The predicted octanol–water partition coefficient (Wildman–Crippen LogP) is 5.14. The summed E-state index contributed by atoms with van der Waals surface area (Å²) in [6.45, 7) is 0. The number of hydrogen-bond acceptors (Lipinski definition) is 4. The van der Waals surface area contributed by atoms with Crippen LogP contribution < -0.4 is 11.5 Å². The molecule has 4 rings (SSSR count). The Morgan fingerprint density at radius 1 is 0.400 bits per heavy atom. The van der Waals surface area contributed by atoms with E-state index in [0.29, 0.717) is 11.4 Å². The first kappa shape index (κ1) is 19.2. The minimum absolute atomic E-state index is 0.710. The fraction of sp³-hybridized carbons (Fsp3) is 0. The Kier molecular flexibility index (Phi) is 5.67. The molecule has 0 bridgehead atoms. The van der Waals surface area contributed by atoms with Gasteiger partial charge in [0.25, 0.3) is 0 Å². The fourth-order valence-electron chi connectivity index (χ4n) is 3.14. The van der Waals surface area contributed by atoms with Gasteiger partial charge in [0.2, 0.25) is 0 Å². The van der Waals surface area contributed by atoms with E-state index in [1.165, 1.54) is 0 Å². The van der Waals surface area contributed by atoms with Crippen molar-refractivity contribution < 1.29 is 0 Å². The molecule has 0 saturated heterocycles. The third-order valence-corrected chi connectivity index (χ3v) is 4.71. The molecule has 4 N–H and O–H groups in total. The SMILES string of the molecule is Nc1ccc(/C(=N\N=C(\c2ccccc2)c2ccc(N)cc2)c2ccccc2)cc1. The Morgan fingerprint density at radius 3 is 1.03 bits per heavy atom. The Bertz CT molecular complexity index is 1060. The van der Waals surface area contributed by atoms with E-state index < -0.39 is 0 Å². The van der Waals surface area contributed by atoms with E-state index in [4.69, 9.17) is 21.7 Å². The van der Waals surface area contributed by atoms with Crippen LogP contribution in [0.25, 0.3) is 0 Å². The van der Waals surface area contributed by atoms with Crippen molar-refractivity contribution >= 4 is 22.8 Å². The van der Waals surface area contributed by atoms with Crippen LogP contribution in [0.5, 0.6) is 0 Å². The molecule has 0 radical (unpaired) electrons. The van der Waals surface area contributed by atoms with Crippen LogP contribution in [0.2, 0.25) is 0 Å². The predicted molar refractivity (Wildman–Crippen MR) is 126 cm³/mol. The number of nitrogen functional groups attached to an aromatic ring is 2. The van der Waals surface area contributed by atoms with E-state index in [0.717, 1.165) is 33.7 Å². The molecule has 0 aliphatic heterocycles. The summed E-state index contributed by atoms with van der Waals surface area (Å²) >= 11 is 0.